The number of carbonyl (C=O) groups is 2. The Hall–Kier alpha value is -2.28. The molecule has 3 heterocycles. The standard InChI is InChI=1S/C22H29N5O2/c28-21-18-14-19(17-5-3-4-16(17)18)22(29)27(21)9-2-1-8-25-10-12-26(13-11-25)20-15-23-6-7-24-20/h4,6-7,15,17-19H,1-3,5,8-14H2. The number of nitrogens with zero attached hydrogens (tertiary/aromatic N) is 5. The van der Waals surface area contributed by atoms with Gasteiger partial charge in [-0.1, -0.05) is 11.6 Å². The van der Waals surface area contributed by atoms with E-state index in [1.54, 1.807) is 17.3 Å². The molecular formula is C22H29N5O2. The number of rotatable bonds is 6. The fraction of sp³-hybridized carbons (Fsp3) is 0.636. The van der Waals surface area contributed by atoms with Crippen LogP contribution in [-0.4, -0.2) is 70.9 Å². The van der Waals surface area contributed by atoms with Crippen LogP contribution in [0.3, 0.4) is 0 Å². The minimum Gasteiger partial charge on any atom is -0.353 e. The summed E-state index contributed by atoms with van der Waals surface area (Å²) in [6, 6.07) is 0. The first kappa shape index (κ1) is 18.7. The van der Waals surface area contributed by atoms with Crippen LogP contribution in [0, 0.1) is 17.8 Å². The van der Waals surface area contributed by atoms with Gasteiger partial charge in [-0.15, -0.1) is 0 Å². The monoisotopic (exact) mass is 395 g/mol. The van der Waals surface area contributed by atoms with Crippen LogP contribution in [0.25, 0.3) is 0 Å². The normalized spacial score (nSPS) is 29.4. The van der Waals surface area contributed by atoms with Gasteiger partial charge in [-0.25, -0.2) is 4.98 Å². The Morgan fingerprint density at radius 2 is 1.79 bits per heavy atom. The van der Waals surface area contributed by atoms with Crippen LogP contribution in [0.1, 0.15) is 32.1 Å². The molecule has 1 aromatic heterocycles. The third-order valence-electron chi connectivity index (χ3n) is 7.16. The van der Waals surface area contributed by atoms with Crippen LogP contribution in [0.2, 0.25) is 0 Å². The lowest BCUT2D eigenvalue weighted by Crippen LogP contribution is -2.48. The molecule has 0 N–H and O–H groups in total. The van der Waals surface area contributed by atoms with Crippen LogP contribution in [0.4, 0.5) is 5.82 Å². The fourth-order valence-electron chi connectivity index (χ4n) is 5.63. The number of aromatic nitrogens is 2. The summed E-state index contributed by atoms with van der Waals surface area (Å²) >= 11 is 0. The second-order valence-corrected chi connectivity index (χ2v) is 8.71. The number of hydrogen-bond acceptors (Lipinski definition) is 6. The SMILES string of the molecule is O=C1C2CC(C(=O)N1CCCCN1CCN(c3cnccn3)CC1)C1CCC=C21. The molecule has 154 valence electrons. The van der Waals surface area contributed by atoms with Gasteiger partial charge >= 0.3 is 0 Å². The average Bonchev–Trinajstić information content (AvgIpc) is 3.35. The first-order valence-corrected chi connectivity index (χ1v) is 11.0. The van der Waals surface area contributed by atoms with Crippen molar-refractivity contribution in [1.82, 2.24) is 19.8 Å². The highest BCUT2D eigenvalue weighted by molar-refractivity contribution is 6.03. The maximum absolute atomic E-state index is 12.9. The highest BCUT2D eigenvalue weighted by Gasteiger charge is 2.53. The van der Waals surface area contributed by atoms with Crippen molar-refractivity contribution in [2.75, 3.05) is 44.2 Å². The van der Waals surface area contributed by atoms with Crippen LogP contribution >= 0.6 is 0 Å². The number of likely N-dealkylation sites (tertiary alicyclic amines) is 1. The zero-order valence-electron chi connectivity index (χ0n) is 16.9. The van der Waals surface area contributed by atoms with E-state index in [0.29, 0.717) is 12.5 Å². The Kier molecular flexibility index (Phi) is 5.08. The van der Waals surface area contributed by atoms with E-state index in [1.807, 2.05) is 6.20 Å². The molecule has 0 radical (unpaired) electrons. The van der Waals surface area contributed by atoms with Gasteiger partial charge in [0, 0.05) is 51.0 Å². The summed E-state index contributed by atoms with van der Waals surface area (Å²) in [6.07, 6.45) is 12.3. The minimum absolute atomic E-state index is 0.000590. The predicted octanol–water partition coefficient (Wildman–Crippen LogP) is 1.72. The molecule has 0 aromatic carbocycles. The van der Waals surface area contributed by atoms with Gasteiger partial charge in [0.25, 0.3) is 0 Å². The Morgan fingerprint density at radius 1 is 0.966 bits per heavy atom. The van der Waals surface area contributed by atoms with Gasteiger partial charge in [0.15, 0.2) is 0 Å². The van der Waals surface area contributed by atoms with Gasteiger partial charge in [-0.2, -0.15) is 0 Å². The second kappa shape index (κ2) is 7.86. The maximum Gasteiger partial charge on any atom is 0.236 e. The van der Waals surface area contributed by atoms with Crippen molar-refractivity contribution >= 4 is 17.6 Å². The molecule has 1 saturated carbocycles. The van der Waals surface area contributed by atoms with Gasteiger partial charge in [0.2, 0.25) is 11.8 Å². The molecular weight excluding hydrogens is 366 g/mol. The number of fused-ring (bicyclic) bond motifs is 5. The highest BCUT2D eigenvalue weighted by Crippen LogP contribution is 2.51. The van der Waals surface area contributed by atoms with Crippen molar-refractivity contribution in [2.45, 2.75) is 32.1 Å². The van der Waals surface area contributed by atoms with Gasteiger partial charge < -0.3 is 4.90 Å². The molecule has 7 nitrogen and oxygen atoms in total. The van der Waals surface area contributed by atoms with E-state index in [1.165, 1.54) is 5.57 Å². The molecule has 2 aliphatic carbocycles. The van der Waals surface area contributed by atoms with Gasteiger partial charge in [0.05, 0.1) is 12.1 Å². The van der Waals surface area contributed by atoms with Crippen molar-refractivity contribution in [3.05, 3.63) is 30.2 Å². The number of allylic oxidation sites excluding steroid dienone is 1. The Bertz CT molecular complexity index is 803. The quantitative estimate of drug-likeness (QED) is 0.415. The lowest BCUT2D eigenvalue weighted by atomic mass is 9.91. The van der Waals surface area contributed by atoms with Crippen LogP contribution in [0.15, 0.2) is 30.2 Å². The largest absolute Gasteiger partial charge is 0.353 e. The van der Waals surface area contributed by atoms with Crippen molar-refractivity contribution in [2.24, 2.45) is 17.8 Å². The van der Waals surface area contributed by atoms with E-state index in [0.717, 1.165) is 70.6 Å². The van der Waals surface area contributed by atoms with Crippen molar-refractivity contribution in [3.63, 3.8) is 0 Å². The Balaban J connectivity index is 1.07. The third kappa shape index (κ3) is 3.45. The predicted molar refractivity (Wildman–Crippen MR) is 109 cm³/mol. The van der Waals surface area contributed by atoms with Gasteiger partial charge in [0.1, 0.15) is 5.82 Å². The molecule has 3 unspecified atom stereocenters. The van der Waals surface area contributed by atoms with Crippen LogP contribution < -0.4 is 4.90 Å². The molecule has 3 atom stereocenters. The molecule has 7 heteroatoms. The van der Waals surface area contributed by atoms with Crippen molar-refractivity contribution in [3.8, 4) is 0 Å². The fourth-order valence-corrected chi connectivity index (χ4v) is 5.63. The van der Waals surface area contributed by atoms with Gasteiger partial charge in [-0.3, -0.25) is 24.4 Å². The van der Waals surface area contributed by atoms with E-state index in [9.17, 15) is 9.59 Å². The molecule has 3 fully saturated rings. The zero-order valence-corrected chi connectivity index (χ0v) is 16.9. The summed E-state index contributed by atoms with van der Waals surface area (Å²) in [4.78, 5) is 40.5. The third-order valence-corrected chi connectivity index (χ3v) is 7.16. The molecule has 5 rings (SSSR count). The molecule has 2 amide bonds. The van der Waals surface area contributed by atoms with E-state index >= 15 is 0 Å². The topological polar surface area (TPSA) is 69.6 Å². The first-order chi connectivity index (χ1) is 14.2. The summed E-state index contributed by atoms with van der Waals surface area (Å²) in [5.41, 5.74) is 1.27. The maximum atomic E-state index is 12.9. The zero-order chi connectivity index (χ0) is 19.8. The van der Waals surface area contributed by atoms with E-state index in [-0.39, 0.29) is 23.7 Å². The molecule has 1 aromatic rings. The molecule has 4 aliphatic rings. The van der Waals surface area contributed by atoms with Gasteiger partial charge in [-0.05, 0) is 44.6 Å². The summed E-state index contributed by atoms with van der Waals surface area (Å²) in [7, 11) is 0. The summed E-state index contributed by atoms with van der Waals surface area (Å²) in [5, 5.41) is 0. The highest BCUT2D eigenvalue weighted by atomic mass is 16.2. The van der Waals surface area contributed by atoms with Crippen LogP contribution in [-0.2, 0) is 9.59 Å². The minimum atomic E-state index is -0.000590. The second-order valence-electron chi connectivity index (χ2n) is 8.71. The number of imide groups is 1. The van der Waals surface area contributed by atoms with E-state index < -0.39 is 0 Å². The summed E-state index contributed by atoms with van der Waals surface area (Å²) in [6.45, 7) is 5.55. The number of anilines is 1. The molecule has 2 saturated heterocycles. The molecule has 2 aliphatic heterocycles. The number of piperidine rings is 1. The Labute approximate surface area is 171 Å². The number of amides is 2. The molecule has 29 heavy (non-hydrogen) atoms. The number of piperazine rings is 1. The smallest absolute Gasteiger partial charge is 0.236 e. The average molecular weight is 396 g/mol. The number of hydrogen-bond donors (Lipinski definition) is 0. The lowest BCUT2D eigenvalue weighted by molar-refractivity contribution is -0.153. The van der Waals surface area contributed by atoms with Crippen molar-refractivity contribution in [1.29, 1.82) is 0 Å². The van der Waals surface area contributed by atoms with Crippen LogP contribution in [0.5, 0.6) is 0 Å². The van der Waals surface area contributed by atoms with E-state index in [4.69, 9.17) is 0 Å². The lowest BCUT2D eigenvalue weighted by Gasteiger charge is -2.35. The Morgan fingerprint density at radius 3 is 2.59 bits per heavy atom. The van der Waals surface area contributed by atoms with Crippen molar-refractivity contribution < 1.29 is 9.59 Å². The molecule has 0 spiro atoms. The molecule has 2 bridgehead atoms. The summed E-state index contributed by atoms with van der Waals surface area (Å²) in [5.74, 6) is 1.54. The summed E-state index contributed by atoms with van der Waals surface area (Å²) < 4.78 is 0. The number of unbranched alkanes of at least 4 members (excludes halogenated alkanes) is 1. The van der Waals surface area contributed by atoms with E-state index in [2.05, 4.69) is 25.8 Å². The number of carbonyl (C=O) groups excluding carboxylic acids is 2. The first-order valence-electron chi connectivity index (χ1n) is 11.0.